The molecular formula is C11H23FN2. The molecule has 0 aliphatic carbocycles. The van der Waals surface area contributed by atoms with Gasteiger partial charge < -0.3 is 0 Å². The van der Waals surface area contributed by atoms with Crippen molar-refractivity contribution >= 4 is 0 Å². The molecule has 2 atom stereocenters. The third-order valence-corrected chi connectivity index (χ3v) is 3.34. The van der Waals surface area contributed by atoms with Crippen LogP contribution in [0.3, 0.4) is 0 Å². The van der Waals surface area contributed by atoms with Crippen LogP contribution in [-0.4, -0.2) is 54.7 Å². The zero-order valence-corrected chi connectivity index (χ0v) is 9.83. The van der Waals surface area contributed by atoms with Gasteiger partial charge in [-0.05, 0) is 33.9 Å². The highest BCUT2D eigenvalue weighted by atomic mass is 19.1. The number of hydrogen-bond acceptors (Lipinski definition) is 2. The molecule has 0 spiro atoms. The molecule has 84 valence electrons. The van der Waals surface area contributed by atoms with E-state index in [-0.39, 0.29) is 12.7 Å². The van der Waals surface area contributed by atoms with Crippen LogP contribution in [0.15, 0.2) is 0 Å². The Labute approximate surface area is 87.1 Å². The van der Waals surface area contributed by atoms with E-state index in [4.69, 9.17) is 0 Å². The Kier molecular flexibility index (Phi) is 4.32. The van der Waals surface area contributed by atoms with Crippen molar-refractivity contribution in [2.75, 3.05) is 26.8 Å². The van der Waals surface area contributed by atoms with Crippen molar-refractivity contribution in [1.29, 1.82) is 0 Å². The van der Waals surface area contributed by atoms with Crippen LogP contribution in [0.2, 0.25) is 0 Å². The Bertz CT molecular complexity index is 173. The fraction of sp³-hybridized carbons (Fsp3) is 1.00. The van der Waals surface area contributed by atoms with E-state index in [1.807, 2.05) is 7.05 Å². The van der Waals surface area contributed by atoms with Gasteiger partial charge in [-0.2, -0.15) is 0 Å². The molecule has 0 saturated carbocycles. The molecule has 3 heteroatoms. The predicted octanol–water partition coefficient (Wildman–Crippen LogP) is 1.76. The van der Waals surface area contributed by atoms with Gasteiger partial charge in [-0.1, -0.05) is 6.92 Å². The largest absolute Gasteiger partial charge is 0.299 e. The van der Waals surface area contributed by atoms with Crippen molar-refractivity contribution in [3.63, 3.8) is 0 Å². The van der Waals surface area contributed by atoms with Crippen LogP contribution in [0.5, 0.6) is 0 Å². The molecule has 0 amide bonds. The fourth-order valence-corrected chi connectivity index (χ4v) is 2.52. The van der Waals surface area contributed by atoms with Gasteiger partial charge in [0.15, 0.2) is 0 Å². The molecule has 1 heterocycles. The highest BCUT2D eigenvalue weighted by molar-refractivity contribution is 4.89. The van der Waals surface area contributed by atoms with E-state index in [0.717, 1.165) is 19.5 Å². The van der Waals surface area contributed by atoms with Crippen LogP contribution in [0.1, 0.15) is 27.2 Å². The molecule has 2 unspecified atom stereocenters. The lowest BCUT2D eigenvalue weighted by Gasteiger charge is -2.31. The van der Waals surface area contributed by atoms with Gasteiger partial charge in [0.25, 0.3) is 0 Å². The molecular weight excluding hydrogens is 179 g/mol. The van der Waals surface area contributed by atoms with Crippen LogP contribution < -0.4 is 0 Å². The maximum absolute atomic E-state index is 12.6. The Balaban J connectivity index is 2.54. The van der Waals surface area contributed by atoms with Gasteiger partial charge in [-0.25, -0.2) is 4.39 Å². The minimum absolute atomic E-state index is 0.146. The topological polar surface area (TPSA) is 6.48 Å². The Hall–Kier alpha value is -0.150. The fourth-order valence-electron chi connectivity index (χ4n) is 2.52. The third kappa shape index (κ3) is 2.45. The molecule has 1 saturated heterocycles. The van der Waals surface area contributed by atoms with Crippen LogP contribution in [0, 0.1) is 0 Å². The van der Waals surface area contributed by atoms with Gasteiger partial charge in [-0.3, -0.25) is 9.80 Å². The summed E-state index contributed by atoms with van der Waals surface area (Å²) >= 11 is 0. The monoisotopic (exact) mass is 202 g/mol. The van der Waals surface area contributed by atoms with Crippen molar-refractivity contribution in [2.45, 2.75) is 45.3 Å². The molecule has 0 N–H and O–H groups in total. The quantitative estimate of drug-likeness (QED) is 0.685. The van der Waals surface area contributed by atoms with Crippen molar-refractivity contribution in [3.8, 4) is 0 Å². The highest BCUT2D eigenvalue weighted by Gasteiger charge is 2.33. The molecule has 1 fully saturated rings. The van der Waals surface area contributed by atoms with Gasteiger partial charge >= 0.3 is 0 Å². The van der Waals surface area contributed by atoms with E-state index in [1.165, 1.54) is 0 Å². The predicted molar refractivity (Wildman–Crippen MR) is 58.3 cm³/mol. The normalized spacial score (nSPS) is 29.4. The van der Waals surface area contributed by atoms with E-state index in [1.54, 1.807) is 0 Å². The van der Waals surface area contributed by atoms with E-state index < -0.39 is 0 Å². The summed E-state index contributed by atoms with van der Waals surface area (Å²) in [6.45, 7) is 8.49. The second-order valence-electron chi connectivity index (χ2n) is 4.56. The summed E-state index contributed by atoms with van der Waals surface area (Å²) in [7, 11) is 2.03. The van der Waals surface area contributed by atoms with Crippen molar-refractivity contribution < 1.29 is 4.39 Å². The molecule has 1 rings (SSSR count). The summed E-state index contributed by atoms with van der Waals surface area (Å²) in [4.78, 5) is 4.61. The first-order valence-corrected chi connectivity index (χ1v) is 5.62. The molecule has 0 aromatic heterocycles. The van der Waals surface area contributed by atoms with Crippen LogP contribution in [0.4, 0.5) is 4.39 Å². The zero-order chi connectivity index (χ0) is 10.7. The SMILES string of the molecule is CCN(C(C)C)C1CC(CF)N(C)C1. The molecule has 0 aromatic carbocycles. The Morgan fingerprint density at radius 2 is 2.14 bits per heavy atom. The first kappa shape index (κ1) is 11.9. The van der Waals surface area contributed by atoms with Gasteiger partial charge in [0, 0.05) is 24.7 Å². The highest BCUT2D eigenvalue weighted by Crippen LogP contribution is 2.22. The first-order chi connectivity index (χ1) is 6.60. The minimum Gasteiger partial charge on any atom is -0.299 e. The van der Waals surface area contributed by atoms with Gasteiger partial charge in [0.2, 0.25) is 0 Å². The molecule has 14 heavy (non-hydrogen) atoms. The van der Waals surface area contributed by atoms with E-state index >= 15 is 0 Å². The number of hydrogen-bond donors (Lipinski definition) is 0. The zero-order valence-electron chi connectivity index (χ0n) is 9.83. The molecule has 0 radical (unpaired) electrons. The molecule has 0 bridgehead atoms. The first-order valence-electron chi connectivity index (χ1n) is 5.62. The molecule has 1 aliphatic heterocycles. The maximum atomic E-state index is 12.6. The standard InChI is InChI=1S/C11H23FN2/c1-5-14(9(2)3)11-6-10(7-12)13(4)8-11/h9-11H,5-8H2,1-4H3. The van der Waals surface area contributed by atoms with Crippen molar-refractivity contribution in [2.24, 2.45) is 0 Å². The van der Waals surface area contributed by atoms with Gasteiger partial charge in [0.05, 0.1) is 0 Å². The average Bonchev–Trinajstić information content (AvgIpc) is 2.47. The molecule has 1 aliphatic rings. The van der Waals surface area contributed by atoms with E-state index in [2.05, 4.69) is 30.6 Å². The van der Waals surface area contributed by atoms with E-state index in [9.17, 15) is 4.39 Å². The number of likely N-dealkylation sites (N-methyl/N-ethyl adjacent to an activating group) is 2. The molecule has 2 nitrogen and oxygen atoms in total. The summed E-state index contributed by atoms with van der Waals surface area (Å²) in [6.07, 6.45) is 0.985. The Morgan fingerprint density at radius 3 is 2.50 bits per heavy atom. The minimum atomic E-state index is -0.206. The second-order valence-corrected chi connectivity index (χ2v) is 4.56. The van der Waals surface area contributed by atoms with Crippen molar-refractivity contribution in [3.05, 3.63) is 0 Å². The summed E-state index contributed by atoms with van der Waals surface area (Å²) in [5.41, 5.74) is 0. The Morgan fingerprint density at radius 1 is 1.50 bits per heavy atom. The summed E-state index contributed by atoms with van der Waals surface area (Å²) < 4.78 is 12.6. The van der Waals surface area contributed by atoms with Gasteiger partial charge in [0.1, 0.15) is 6.67 Å². The summed E-state index contributed by atoms with van der Waals surface area (Å²) in [6, 6.07) is 1.26. The van der Waals surface area contributed by atoms with Crippen LogP contribution >= 0.6 is 0 Å². The number of alkyl halides is 1. The van der Waals surface area contributed by atoms with Crippen molar-refractivity contribution in [1.82, 2.24) is 9.80 Å². The lowest BCUT2D eigenvalue weighted by atomic mass is 10.1. The van der Waals surface area contributed by atoms with E-state index in [0.29, 0.717) is 12.1 Å². The lowest BCUT2D eigenvalue weighted by molar-refractivity contribution is 0.165. The summed E-state index contributed by atoms with van der Waals surface area (Å²) in [5.74, 6) is 0. The van der Waals surface area contributed by atoms with Crippen LogP contribution in [0.25, 0.3) is 0 Å². The maximum Gasteiger partial charge on any atom is 0.105 e. The summed E-state index contributed by atoms with van der Waals surface area (Å²) in [5, 5.41) is 0. The third-order valence-electron chi connectivity index (χ3n) is 3.34. The lowest BCUT2D eigenvalue weighted by Crippen LogP contribution is -2.41. The average molecular weight is 202 g/mol. The molecule has 0 aromatic rings. The smallest absolute Gasteiger partial charge is 0.105 e. The second kappa shape index (κ2) is 5.08. The van der Waals surface area contributed by atoms with Gasteiger partial charge in [-0.15, -0.1) is 0 Å². The van der Waals surface area contributed by atoms with Crippen LogP contribution in [-0.2, 0) is 0 Å². The number of likely N-dealkylation sites (tertiary alicyclic amines) is 1. The number of rotatable bonds is 4. The number of halogens is 1. The number of nitrogens with zero attached hydrogens (tertiary/aromatic N) is 2.